The molecule has 1 aliphatic rings. The minimum absolute atomic E-state index is 0.102. The fourth-order valence-corrected chi connectivity index (χ4v) is 3.11. The molecule has 0 bridgehead atoms. The zero-order chi connectivity index (χ0) is 17.5. The van der Waals surface area contributed by atoms with Gasteiger partial charge in [-0.15, -0.1) is 0 Å². The Labute approximate surface area is 137 Å². The first-order valence-electron chi connectivity index (χ1n) is 7.55. The summed E-state index contributed by atoms with van der Waals surface area (Å²) in [6.45, 7) is 0.102. The highest BCUT2D eigenvalue weighted by atomic mass is 19.4. The van der Waals surface area contributed by atoms with Crippen molar-refractivity contribution in [2.24, 2.45) is 7.05 Å². The first kappa shape index (κ1) is 16.6. The Balaban J connectivity index is 1.94. The second-order valence-corrected chi connectivity index (χ2v) is 5.99. The Morgan fingerprint density at radius 1 is 1.25 bits per heavy atom. The average Bonchev–Trinajstić information content (AvgIpc) is 3.12. The van der Waals surface area contributed by atoms with Crippen molar-refractivity contribution in [3.8, 4) is 0 Å². The predicted molar refractivity (Wildman–Crippen MR) is 81.3 cm³/mol. The van der Waals surface area contributed by atoms with Gasteiger partial charge in [-0.3, -0.25) is 4.79 Å². The number of halogens is 3. The summed E-state index contributed by atoms with van der Waals surface area (Å²) < 4.78 is 40.4. The molecule has 128 valence electrons. The maximum Gasteiger partial charge on any atom is 0.416 e. The Morgan fingerprint density at radius 2 is 2.00 bits per heavy atom. The van der Waals surface area contributed by atoms with E-state index in [1.54, 1.807) is 36.0 Å². The van der Waals surface area contributed by atoms with Crippen LogP contribution < -0.4 is 0 Å². The van der Waals surface area contributed by atoms with Crippen LogP contribution in [0.5, 0.6) is 0 Å². The molecule has 1 amide bonds. The lowest BCUT2D eigenvalue weighted by Crippen LogP contribution is -2.33. The summed E-state index contributed by atoms with van der Waals surface area (Å²) in [6, 6.07) is 7.73. The summed E-state index contributed by atoms with van der Waals surface area (Å²) in [5, 5.41) is 9.95. The molecule has 1 saturated heterocycles. The van der Waals surface area contributed by atoms with Crippen molar-refractivity contribution in [1.82, 2.24) is 9.47 Å². The molecule has 4 nitrogen and oxygen atoms in total. The zero-order valence-electron chi connectivity index (χ0n) is 13.0. The maximum atomic E-state index is 12.9. The number of aromatic nitrogens is 1. The molecule has 0 spiro atoms. The van der Waals surface area contributed by atoms with Crippen molar-refractivity contribution >= 4 is 5.91 Å². The molecule has 1 aliphatic heterocycles. The standard InChI is InChI=1S/C17H17F3N2O2/c1-21-7-3-6-14(21)16(24)22-10-13(23)9-15(22)11-4-2-5-12(8-11)17(18,19)20/h2-8,13,15,23H,9-10H2,1H3/t13-,15-/m0/s1. The number of aliphatic hydroxyl groups excluding tert-OH is 1. The van der Waals surface area contributed by atoms with Crippen LogP contribution in [0.15, 0.2) is 42.6 Å². The number of nitrogens with zero attached hydrogens (tertiary/aromatic N) is 2. The minimum Gasteiger partial charge on any atom is -0.391 e. The number of aliphatic hydroxyl groups is 1. The fourth-order valence-electron chi connectivity index (χ4n) is 3.11. The number of hydrogen-bond acceptors (Lipinski definition) is 2. The van der Waals surface area contributed by atoms with Crippen LogP contribution in [0.4, 0.5) is 13.2 Å². The number of β-amino-alcohol motifs (C(OH)–C–C–N with tert-alkyl or cyclic N) is 1. The van der Waals surface area contributed by atoms with Crippen molar-refractivity contribution in [3.05, 3.63) is 59.4 Å². The number of benzene rings is 1. The number of aryl methyl sites for hydroxylation is 1. The highest BCUT2D eigenvalue weighted by Crippen LogP contribution is 2.36. The Morgan fingerprint density at radius 3 is 2.62 bits per heavy atom. The summed E-state index contributed by atoms with van der Waals surface area (Å²) in [7, 11) is 1.72. The van der Waals surface area contributed by atoms with Gasteiger partial charge >= 0.3 is 6.18 Å². The summed E-state index contributed by atoms with van der Waals surface area (Å²) in [4.78, 5) is 14.2. The zero-order valence-corrected chi connectivity index (χ0v) is 13.0. The van der Waals surface area contributed by atoms with Gasteiger partial charge in [0.15, 0.2) is 0 Å². The number of hydrogen-bond donors (Lipinski definition) is 1. The minimum atomic E-state index is -4.44. The van der Waals surface area contributed by atoms with E-state index in [2.05, 4.69) is 0 Å². The van der Waals surface area contributed by atoms with Crippen molar-refractivity contribution < 1.29 is 23.1 Å². The lowest BCUT2D eigenvalue weighted by molar-refractivity contribution is -0.137. The van der Waals surface area contributed by atoms with E-state index < -0.39 is 23.9 Å². The van der Waals surface area contributed by atoms with Crippen molar-refractivity contribution in [2.45, 2.75) is 24.7 Å². The van der Waals surface area contributed by atoms with Crippen LogP contribution in [-0.4, -0.2) is 33.1 Å². The molecule has 1 N–H and O–H groups in total. The van der Waals surface area contributed by atoms with Gasteiger partial charge in [-0.1, -0.05) is 12.1 Å². The summed E-state index contributed by atoms with van der Waals surface area (Å²) >= 11 is 0. The molecule has 2 heterocycles. The molecular formula is C17H17F3N2O2. The largest absolute Gasteiger partial charge is 0.416 e. The van der Waals surface area contributed by atoms with E-state index in [9.17, 15) is 23.1 Å². The van der Waals surface area contributed by atoms with Crippen molar-refractivity contribution in [1.29, 1.82) is 0 Å². The van der Waals surface area contributed by atoms with Crippen LogP contribution in [0.25, 0.3) is 0 Å². The molecule has 24 heavy (non-hydrogen) atoms. The third kappa shape index (κ3) is 3.03. The third-order valence-electron chi connectivity index (χ3n) is 4.30. The van der Waals surface area contributed by atoms with Crippen LogP contribution in [0.3, 0.4) is 0 Å². The van der Waals surface area contributed by atoms with Crippen LogP contribution >= 0.6 is 0 Å². The number of carbonyl (C=O) groups excluding carboxylic acids is 1. The van der Waals surface area contributed by atoms with E-state index in [0.29, 0.717) is 11.3 Å². The maximum absolute atomic E-state index is 12.9. The summed E-state index contributed by atoms with van der Waals surface area (Å²) in [5.41, 5.74) is 0.0534. The van der Waals surface area contributed by atoms with Gasteiger partial charge < -0.3 is 14.6 Å². The molecule has 0 unspecified atom stereocenters. The SMILES string of the molecule is Cn1cccc1C(=O)N1C[C@@H](O)C[C@H]1c1cccc(C(F)(F)F)c1. The van der Waals surface area contributed by atoms with Crippen LogP contribution in [0.1, 0.15) is 34.1 Å². The Bertz CT molecular complexity index is 754. The first-order valence-corrected chi connectivity index (χ1v) is 7.55. The molecule has 1 aromatic carbocycles. The van der Waals surface area contributed by atoms with Crippen LogP contribution in [0, 0.1) is 0 Å². The van der Waals surface area contributed by atoms with Gasteiger partial charge in [0.1, 0.15) is 5.69 Å². The van der Waals surface area contributed by atoms with Crippen molar-refractivity contribution in [3.63, 3.8) is 0 Å². The van der Waals surface area contributed by atoms with Gasteiger partial charge in [-0.25, -0.2) is 0 Å². The number of likely N-dealkylation sites (tertiary alicyclic amines) is 1. The monoisotopic (exact) mass is 338 g/mol. The second-order valence-electron chi connectivity index (χ2n) is 5.99. The summed E-state index contributed by atoms with van der Waals surface area (Å²) in [5.74, 6) is -0.304. The molecule has 0 saturated carbocycles. The lowest BCUT2D eigenvalue weighted by Gasteiger charge is -2.25. The molecule has 0 aliphatic carbocycles. The van der Waals surface area contributed by atoms with Gasteiger partial charge in [-0.2, -0.15) is 13.2 Å². The Kier molecular flexibility index (Phi) is 4.13. The van der Waals surface area contributed by atoms with E-state index in [0.717, 1.165) is 12.1 Å². The first-order chi connectivity index (χ1) is 11.3. The van der Waals surface area contributed by atoms with Crippen LogP contribution in [-0.2, 0) is 13.2 Å². The molecule has 3 rings (SSSR count). The van der Waals surface area contributed by atoms with Gasteiger partial charge in [0.25, 0.3) is 5.91 Å². The molecular weight excluding hydrogens is 321 g/mol. The molecule has 2 atom stereocenters. The quantitative estimate of drug-likeness (QED) is 0.915. The number of carbonyl (C=O) groups is 1. The molecule has 1 aromatic heterocycles. The molecule has 0 radical (unpaired) electrons. The normalized spacial score (nSPS) is 21.3. The highest BCUT2D eigenvalue weighted by molar-refractivity contribution is 5.93. The van der Waals surface area contributed by atoms with E-state index in [1.807, 2.05) is 0 Å². The summed E-state index contributed by atoms with van der Waals surface area (Å²) in [6.07, 6.45) is -3.26. The number of rotatable bonds is 2. The molecule has 2 aromatic rings. The molecule has 7 heteroatoms. The fraction of sp³-hybridized carbons (Fsp3) is 0.353. The Hall–Kier alpha value is -2.28. The van der Waals surface area contributed by atoms with Crippen LogP contribution in [0.2, 0.25) is 0 Å². The van der Waals surface area contributed by atoms with E-state index in [-0.39, 0.29) is 18.9 Å². The molecule has 1 fully saturated rings. The third-order valence-corrected chi connectivity index (χ3v) is 4.30. The van der Waals surface area contributed by atoms with E-state index in [4.69, 9.17) is 0 Å². The van der Waals surface area contributed by atoms with Gasteiger partial charge in [0.2, 0.25) is 0 Å². The van der Waals surface area contributed by atoms with Gasteiger partial charge in [-0.05, 0) is 36.2 Å². The highest BCUT2D eigenvalue weighted by Gasteiger charge is 2.38. The van der Waals surface area contributed by atoms with Gasteiger partial charge in [0, 0.05) is 19.8 Å². The van der Waals surface area contributed by atoms with Gasteiger partial charge in [0.05, 0.1) is 17.7 Å². The predicted octanol–water partition coefficient (Wildman–Crippen LogP) is 2.99. The number of alkyl halides is 3. The second kappa shape index (κ2) is 5.98. The smallest absolute Gasteiger partial charge is 0.391 e. The van der Waals surface area contributed by atoms with E-state index in [1.165, 1.54) is 11.0 Å². The topological polar surface area (TPSA) is 45.5 Å². The van der Waals surface area contributed by atoms with Crippen molar-refractivity contribution in [2.75, 3.05) is 6.54 Å². The average molecular weight is 338 g/mol. The van der Waals surface area contributed by atoms with E-state index >= 15 is 0 Å². The number of amides is 1. The lowest BCUT2D eigenvalue weighted by atomic mass is 10.0.